The maximum absolute atomic E-state index is 11.3. The molecule has 0 heterocycles. The Balaban J connectivity index is 0.00000289. The molecule has 0 aliphatic heterocycles. The van der Waals surface area contributed by atoms with Crippen LogP contribution in [0.25, 0.3) is 0 Å². The molecule has 0 unspecified atom stereocenters. The average molecular weight is 273 g/mol. The van der Waals surface area contributed by atoms with Gasteiger partial charge in [-0.25, -0.2) is 0 Å². The number of nitrogens with two attached hydrogens (primary N) is 1. The minimum Gasteiger partial charge on any atom is -0.484 e. The van der Waals surface area contributed by atoms with Crippen molar-refractivity contribution in [1.82, 2.24) is 5.32 Å². The second-order valence-electron chi connectivity index (χ2n) is 3.78. The highest BCUT2D eigenvalue weighted by Crippen LogP contribution is 2.12. The Morgan fingerprint density at radius 2 is 2.00 bits per heavy atom. The quantitative estimate of drug-likeness (QED) is 0.740. The summed E-state index contributed by atoms with van der Waals surface area (Å²) in [5, 5.41) is 2.73. The predicted molar refractivity (Wildman–Crippen MR) is 75.2 cm³/mol. The van der Waals surface area contributed by atoms with Crippen LogP contribution in [0.5, 0.6) is 5.75 Å². The van der Waals surface area contributed by atoms with Gasteiger partial charge in [-0.3, -0.25) is 4.79 Å². The van der Waals surface area contributed by atoms with Crippen molar-refractivity contribution < 1.29 is 9.53 Å². The lowest BCUT2D eigenvalue weighted by molar-refractivity contribution is -0.123. The van der Waals surface area contributed by atoms with Crippen LogP contribution in [0.1, 0.15) is 18.9 Å². The highest BCUT2D eigenvalue weighted by Gasteiger charge is 2.01. The van der Waals surface area contributed by atoms with Crippen LogP contribution < -0.4 is 15.8 Å². The van der Waals surface area contributed by atoms with Crippen molar-refractivity contribution in [2.45, 2.75) is 19.8 Å². The molecule has 1 aromatic rings. The Morgan fingerprint density at radius 3 is 2.56 bits per heavy atom. The maximum Gasteiger partial charge on any atom is 0.257 e. The largest absolute Gasteiger partial charge is 0.484 e. The third-order valence-electron chi connectivity index (χ3n) is 2.40. The van der Waals surface area contributed by atoms with Crippen molar-refractivity contribution in [3.8, 4) is 5.75 Å². The first kappa shape index (κ1) is 16.7. The molecule has 1 amide bonds. The molecule has 0 bridgehead atoms. The van der Waals surface area contributed by atoms with E-state index in [2.05, 4.69) is 12.2 Å². The number of aryl methyl sites for hydroxylation is 1. The van der Waals surface area contributed by atoms with E-state index in [1.807, 2.05) is 24.3 Å². The fourth-order valence-electron chi connectivity index (χ4n) is 1.35. The number of amides is 1. The molecule has 0 fully saturated rings. The minimum atomic E-state index is -0.113. The first-order valence-electron chi connectivity index (χ1n) is 5.94. The molecule has 0 aliphatic carbocycles. The summed E-state index contributed by atoms with van der Waals surface area (Å²) in [6, 6.07) is 7.77. The number of hydrogen-bond acceptors (Lipinski definition) is 3. The Kier molecular flexibility index (Phi) is 9.06. The van der Waals surface area contributed by atoms with Gasteiger partial charge < -0.3 is 15.8 Å². The molecule has 0 atom stereocenters. The van der Waals surface area contributed by atoms with Crippen molar-refractivity contribution in [1.29, 1.82) is 0 Å². The van der Waals surface area contributed by atoms with Crippen LogP contribution in [0.4, 0.5) is 0 Å². The van der Waals surface area contributed by atoms with Crippen LogP contribution >= 0.6 is 12.4 Å². The second-order valence-corrected chi connectivity index (χ2v) is 3.78. The van der Waals surface area contributed by atoms with Gasteiger partial charge in [-0.15, -0.1) is 12.4 Å². The Morgan fingerprint density at radius 1 is 1.33 bits per heavy atom. The highest BCUT2D eigenvalue weighted by atomic mass is 35.5. The van der Waals surface area contributed by atoms with Gasteiger partial charge >= 0.3 is 0 Å². The van der Waals surface area contributed by atoms with E-state index in [0.717, 1.165) is 18.6 Å². The van der Waals surface area contributed by atoms with Crippen molar-refractivity contribution in [2.24, 2.45) is 5.73 Å². The SMILES string of the molecule is CCc1ccc(OCC(=O)NCCCN)cc1.Cl. The Hall–Kier alpha value is -1.26. The number of benzene rings is 1. The molecule has 0 saturated carbocycles. The average Bonchev–Trinajstić information content (AvgIpc) is 2.37. The van der Waals surface area contributed by atoms with Crippen molar-refractivity contribution in [3.05, 3.63) is 29.8 Å². The van der Waals surface area contributed by atoms with E-state index in [9.17, 15) is 4.79 Å². The lowest BCUT2D eigenvalue weighted by Gasteiger charge is -2.07. The first-order chi connectivity index (χ1) is 8.26. The van der Waals surface area contributed by atoms with E-state index in [-0.39, 0.29) is 24.9 Å². The molecule has 3 N–H and O–H groups in total. The van der Waals surface area contributed by atoms with E-state index >= 15 is 0 Å². The van der Waals surface area contributed by atoms with Gasteiger partial charge in [0.2, 0.25) is 0 Å². The lowest BCUT2D eigenvalue weighted by atomic mass is 10.2. The van der Waals surface area contributed by atoms with Gasteiger partial charge in [-0.1, -0.05) is 19.1 Å². The van der Waals surface area contributed by atoms with Crippen LogP contribution in [-0.4, -0.2) is 25.6 Å². The summed E-state index contributed by atoms with van der Waals surface area (Å²) < 4.78 is 5.35. The molecule has 1 aromatic carbocycles. The van der Waals surface area contributed by atoms with E-state index in [0.29, 0.717) is 13.1 Å². The number of carbonyl (C=O) groups is 1. The van der Waals surface area contributed by atoms with Gasteiger partial charge in [0, 0.05) is 6.54 Å². The van der Waals surface area contributed by atoms with E-state index in [1.54, 1.807) is 0 Å². The molecule has 0 spiro atoms. The van der Waals surface area contributed by atoms with Gasteiger partial charge in [0.25, 0.3) is 5.91 Å². The summed E-state index contributed by atoms with van der Waals surface area (Å²) in [7, 11) is 0. The Labute approximate surface area is 114 Å². The lowest BCUT2D eigenvalue weighted by Crippen LogP contribution is -2.30. The highest BCUT2D eigenvalue weighted by molar-refractivity contribution is 5.85. The molecular weight excluding hydrogens is 252 g/mol. The second kappa shape index (κ2) is 9.74. The molecule has 5 heteroatoms. The van der Waals surface area contributed by atoms with Crippen LogP contribution in [0.15, 0.2) is 24.3 Å². The zero-order valence-corrected chi connectivity index (χ0v) is 11.5. The molecule has 1 rings (SSSR count). The third-order valence-corrected chi connectivity index (χ3v) is 2.40. The molecular formula is C13H21ClN2O2. The third kappa shape index (κ3) is 6.47. The molecule has 18 heavy (non-hydrogen) atoms. The van der Waals surface area contributed by atoms with Crippen molar-refractivity contribution >= 4 is 18.3 Å². The normalized spacial score (nSPS) is 9.44. The minimum absolute atomic E-state index is 0. The van der Waals surface area contributed by atoms with Gasteiger partial charge in [0.1, 0.15) is 5.75 Å². The zero-order chi connectivity index (χ0) is 12.5. The molecule has 0 aromatic heterocycles. The number of ether oxygens (including phenoxy) is 1. The number of carbonyl (C=O) groups excluding carboxylic acids is 1. The number of hydrogen-bond donors (Lipinski definition) is 2. The number of rotatable bonds is 7. The van der Waals surface area contributed by atoms with Gasteiger partial charge in [-0.2, -0.15) is 0 Å². The number of halogens is 1. The summed E-state index contributed by atoms with van der Waals surface area (Å²) in [6.45, 7) is 3.34. The van der Waals surface area contributed by atoms with E-state index in [4.69, 9.17) is 10.5 Å². The van der Waals surface area contributed by atoms with Crippen LogP contribution in [0, 0.1) is 0 Å². The fourth-order valence-corrected chi connectivity index (χ4v) is 1.35. The van der Waals surface area contributed by atoms with E-state index < -0.39 is 0 Å². The molecule has 4 nitrogen and oxygen atoms in total. The van der Waals surface area contributed by atoms with Crippen LogP contribution in [0.2, 0.25) is 0 Å². The monoisotopic (exact) mass is 272 g/mol. The standard InChI is InChI=1S/C13H20N2O2.ClH/c1-2-11-4-6-12(7-5-11)17-10-13(16)15-9-3-8-14;/h4-7H,2-3,8-10,14H2,1H3,(H,15,16);1H. The fraction of sp³-hybridized carbons (Fsp3) is 0.462. The molecule has 102 valence electrons. The topological polar surface area (TPSA) is 64.3 Å². The van der Waals surface area contributed by atoms with E-state index in [1.165, 1.54) is 5.56 Å². The van der Waals surface area contributed by atoms with Crippen LogP contribution in [-0.2, 0) is 11.2 Å². The summed E-state index contributed by atoms with van der Waals surface area (Å²) in [5.74, 6) is 0.606. The first-order valence-corrected chi connectivity index (χ1v) is 5.94. The number of nitrogens with one attached hydrogen (secondary N) is 1. The summed E-state index contributed by atoms with van der Waals surface area (Å²) in [4.78, 5) is 11.3. The van der Waals surface area contributed by atoms with Gasteiger partial charge in [0.15, 0.2) is 6.61 Å². The molecule has 0 saturated heterocycles. The molecule has 0 aliphatic rings. The summed E-state index contributed by atoms with van der Waals surface area (Å²) in [6.07, 6.45) is 1.79. The summed E-state index contributed by atoms with van der Waals surface area (Å²) >= 11 is 0. The van der Waals surface area contributed by atoms with Crippen LogP contribution in [0.3, 0.4) is 0 Å². The molecule has 0 radical (unpaired) electrons. The van der Waals surface area contributed by atoms with Gasteiger partial charge in [-0.05, 0) is 37.1 Å². The maximum atomic E-state index is 11.3. The Bertz CT molecular complexity index is 341. The smallest absolute Gasteiger partial charge is 0.257 e. The summed E-state index contributed by atoms with van der Waals surface area (Å²) in [5.41, 5.74) is 6.58. The van der Waals surface area contributed by atoms with Gasteiger partial charge in [0.05, 0.1) is 0 Å². The zero-order valence-electron chi connectivity index (χ0n) is 10.6. The van der Waals surface area contributed by atoms with Crippen molar-refractivity contribution in [3.63, 3.8) is 0 Å². The predicted octanol–water partition coefficient (Wildman–Crippen LogP) is 1.51. The van der Waals surface area contributed by atoms with Crippen molar-refractivity contribution in [2.75, 3.05) is 19.7 Å².